The molecule has 1 saturated heterocycles. The second-order valence-electron chi connectivity index (χ2n) is 5.14. The van der Waals surface area contributed by atoms with Crippen LogP contribution in [-0.4, -0.2) is 62.8 Å². The van der Waals surface area contributed by atoms with Crippen LogP contribution in [-0.2, 0) is 9.53 Å². The van der Waals surface area contributed by atoms with Crippen LogP contribution in [0.15, 0.2) is 0 Å². The molecular weight excluding hydrogens is 230 g/mol. The van der Waals surface area contributed by atoms with Gasteiger partial charge < -0.3 is 20.3 Å². The molecule has 0 radical (unpaired) electrons. The van der Waals surface area contributed by atoms with E-state index in [9.17, 15) is 4.79 Å². The van der Waals surface area contributed by atoms with Crippen molar-refractivity contribution < 1.29 is 9.53 Å². The highest BCUT2D eigenvalue weighted by molar-refractivity contribution is 5.78. The van der Waals surface area contributed by atoms with Crippen molar-refractivity contribution in [3.63, 3.8) is 0 Å². The summed E-state index contributed by atoms with van der Waals surface area (Å²) < 4.78 is 5.61. The number of carbonyl (C=O) groups excluding carboxylic acids is 1. The normalized spacial score (nSPS) is 22.7. The van der Waals surface area contributed by atoms with Gasteiger partial charge in [-0.1, -0.05) is 13.3 Å². The van der Waals surface area contributed by atoms with Crippen LogP contribution >= 0.6 is 0 Å². The fraction of sp³-hybridized carbons (Fsp3) is 0.923. The number of carbonyl (C=O) groups is 1. The Bertz CT molecular complexity index is 248. The molecule has 2 atom stereocenters. The summed E-state index contributed by atoms with van der Waals surface area (Å²) in [6, 6.07) is 0.265. The predicted octanol–water partition coefficient (Wildman–Crippen LogP) is 0.211. The molecule has 18 heavy (non-hydrogen) atoms. The molecule has 0 aromatic carbocycles. The fourth-order valence-corrected chi connectivity index (χ4v) is 2.17. The third kappa shape index (κ3) is 6.33. The molecule has 0 spiro atoms. The molecule has 0 saturated carbocycles. The minimum atomic E-state index is 0.0696. The lowest BCUT2D eigenvalue weighted by Crippen LogP contribution is -2.47. The summed E-state index contributed by atoms with van der Waals surface area (Å²) in [5.74, 6) is 0.0696. The Balaban J connectivity index is 2.07. The Morgan fingerprint density at radius 3 is 3.00 bits per heavy atom. The molecule has 1 fully saturated rings. The van der Waals surface area contributed by atoms with Gasteiger partial charge in [-0.15, -0.1) is 0 Å². The second kappa shape index (κ2) is 8.45. The minimum Gasteiger partial charge on any atom is -0.374 e. The van der Waals surface area contributed by atoms with E-state index in [0.717, 1.165) is 39.1 Å². The lowest BCUT2D eigenvalue weighted by Gasteiger charge is -2.30. The van der Waals surface area contributed by atoms with E-state index in [1.165, 1.54) is 0 Å². The van der Waals surface area contributed by atoms with Crippen molar-refractivity contribution in [2.75, 3.05) is 39.8 Å². The van der Waals surface area contributed by atoms with Crippen molar-refractivity contribution in [3.05, 3.63) is 0 Å². The smallest absolute Gasteiger partial charge is 0.234 e. The summed E-state index contributed by atoms with van der Waals surface area (Å²) in [5.41, 5.74) is 0. The first-order valence-corrected chi connectivity index (χ1v) is 6.92. The van der Waals surface area contributed by atoms with E-state index < -0.39 is 0 Å². The van der Waals surface area contributed by atoms with Crippen LogP contribution in [0.25, 0.3) is 0 Å². The highest BCUT2D eigenvalue weighted by atomic mass is 16.5. The first kappa shape index (κ1) is 15.4. The van der Waals surface area contributed by atoms with Gasteiger partial charge in [0, 0.05) is 25.7 Å². The van der Waals surface area contributed by atoms with Crippen LogP contribution in [0.4, 0.5) is 0 Å². The highest BCUT2D eigenvalue weighted by Crippen LogP contribution is 2.01. The zero-order valence-corrected chi connectivity index (χ0v) is 11.9. The Labute approximate surface area is 110 Å². The molecule has 5 heteroatoms. The standard InChI is InChI=1S/C13H27N3O2/c1-4-5-11(2)15-13(17)9-14-8-12-10-16(3)6-7-18-12/h11-12,14H,4-10H2,1-3H3,(H,15,17). The third-order valence-corrected chi connectivity index (χ3v) is 3.13. The Hall–Kier alpha value is -0.650. The molecule has 2 N–H and O–H groups in total. The van der Waals surface area contributed by atoms with E-state index in [4.69, 9.17) is 4.74 Å². The monoisotopic (exact) mass is 257 g/mol. The van der Waals surface area contributed by atoms with Gasteiger partial charge in [-0.3, -0.25) is 4.79 Å². The molecular formula is C13H27N3O2. The summed E-state index contributed by atoms with van der Waals surface area (Å²) in [7, 11) is 2.09. The molecule has 0 bridgehead atoms. The molecule has 1 rings (SSSR count). The van der Waals surface area contributed by atoms with Gasteiger partial charge in [0.25, 0.3) is 0 Å². The van der Waals surface area contributed by atoms with Crippen molar-refractivity contribution in [3.8, 4) is 0 Å². The van der Waals surface area contributed by atoms with Gasteiger partial charge in [0.05, 0.1) is 19.3 Å². The molecule has 1 amide bonds. The molecule has 2 unspecified atom stereocenters. The van der Waals surface area contributed by atoms with Crippen molar-refractivity contribution >= 4 is 5.91 Å². The number of hydrogen-bond donors (Lipinski definition) is 2. The average molecular weight is 257 g/mol. The van der Waals surface area contributed by atoms with E-state index >= 15 is 0 Å². The van der Waals surface area contributed by atoms with Crippen LogP contribution in [0.5, 0.6) is 0 Å². The van der Waals surface area contributed by atoms with Gasteiger partial charge >= 0.3 is 0 Å². The first-order valence-electron chi connectivity index (χ1n) is 6.92. The van der Waals surface area contributed by atoms with Crippen LogP contribution in [0.1, 0.15) is 26.7 Å². The summed E-state index contributed by atoms with van der Waals surface area (Å²) in [4.78, 5) is 13.9. The quantitative estimate of drug-likeness (QED) is 0.685. The summed E-state index contributed by atoms with van der Waals surface area (Å²) in [6.07, 6.45) is 2.32. The molecule has 5 nitrogen and oxygen atoms in total. The maximum Gasteiger partial charge on any atom is 0.234 e. The molecule has 0 aromatic rings. The molecule has 106 valence electrons. The Morgan fingerprint density at radius 1 is 1.56 bits per heavy atom. The predicted molar refractivity (Wildman–Crippen MR) is 72.6 cm³/mol. The van der Waals surface area contributed by atoms with Gasteiger partial charge in [0.2, 0.25) is 5.91 Å². The van der Waals surface area contributed by atoms with Gasteiger partial charge in [-0.05, 0) is 20.4 Å². The molecule has 1 aliphatic heterocycles. The largest absolute Gasteiger partial charge is 0.374 e. The average Bonchev–Trinajstić information content (AvgIpc) is 2.29. The van der Waals surface area contributed by atoms with E-state index in [2.05, 4.69) is 29.5 Å². The van der Waals surface area contributed by atoms with Crippen LogP contribution in [0.2, 0.25) is 0 Å². The fourth-order valence-electron chi connectivity index (χ4n) is 2.17. The number of likely N-dealkylation sites (N-methyl/N-ethyl adjacent to an activating group) is 1. The van der Waals surface area contributed by atoms with Gasteiger partial charge in [-0.25, -0.2) is 0 Å². The summed E-state index contributed by atoms with van der Waals surface area (Å²) >= 11 is 0. The van der Waals surface area contributed by atoms with Crippen molar-refractivity contribution in [1.29, 1.82) is 0 Å². The van der Waals surface area contributed by atoms with E-state index in [1.54, 1.807) is 0 Å². The Morgan fingerprint density at radius 2 is 2.33 bits per heavy atom. The zero-order chi connectivity index (χ0) is 13.4. The molecule has 1 heterocycles. The van der Waals surface area contributed by atoms with Crippen LogP contribution < -0.4 is 10.6 Å². The van der Waals surface area contributed by atoms with Crippen molar-refractivity contribution in [1.82, 2.24) is 15.5 Å². The number of rotatable bonds is 7. The highest BCUT2D eigenvalue weighted by Gasteiger charge is 2.17. The number of hydrogen-bond acceptors (Lipinski definition) is 4. The number of nitrogens with one attached hydrogen (secondary N) is 2. The minimum absolute atomic E-state index is 0.0696. The lowest BCUT2D eigenvalue weighted by molar-refractivity contribution is -0.121. The SMILES string of the molecule is CCCC(C)NC(=O)CNCC1CN(C)CCO1. The molecule has 0 aliphatic carbocycles. The first-order chi connectivity index (χ1) is 8.61. The van der Waals surface area contributed by atoms with Gasteiger partial charge in [0.1, 0.15) is 0 Å². The summed E-state index contributed by atoms with van der Waals surface area (Å²) in [6.45, 7) is 7.98. The second-order valence-corrected chi connectivity index (χ2v) is 5.14. The number of morpholine rings is 1. The maximum atomic E-state index is 11.6. The van der Waals surface area contributed by atoms with E-state index in [0.29, 0.717) is 6.54 Å². The maximum absolute atomic E-state index is 11.6. The van der Waals surface area contributed by atoms with Gasteiger partial charge in [0.15, 0.2) is 0 Å². The lowest BCUT2D eigenvalue weighted by atomic mass is 10.2. The van der Waals surface area contributed by atoms with E-state index in [1.807, 2.05) is 6.92 Å². The van der Waals surface area contributed by atoms with E-state index in [-0.39, 0.29) is 18.1 Å². The van der Waals surface area contributed by atoms with Crippen LogP contribution in [0.3, 0.4) is 0 Å². The third-order valence-electron chi connectivity index (χ3n) is 3.13. The topological polar surface area (TPSA) is 53.6 Å². The number of amides is 1. The summed E-state index contributed by atoms with van der Waals surface area (Å²) in [5, 5.41) is 6.13. The number of ether oxygens (including phenoxy) is 1. The van der Waals surface area contributed by atoms with Crippen molar-refractivity contribution in [2.24, 2.45) is 0 Å². The zero-order valence-electron chi connectivity index (χ0n) is 11.9. The van der Waals surface area contributed by atoms with Crippen molar-refractivity contribution in [2.45, 2.75) is 38.8 Å². The molecule has 1 aliphatic rings. The van der Waals surface area contributed by atoms with Gasteiger partial charge in [-0.2, -0.15) is 0 Å². The van der Waals surface area contributed by atoms with Crippen LogP contribution in [0, 0.1) is 0 Å². The number of nitrogens with zero attached hydrogens (tertiary/aromatic N) is 1. The Kier molecular flexibility index (Phi) is 7.23. The molecule has 0 aromatic heterocycles.